The quantitative estimate of drug-likeness (QED) is 0.531. The minimum atomic E-state index is -1.04. The molecule has 1 aromatic carbocycles. The Kier molecular flexibility index (Phi) is 6.43. The first-order chi connectivity index (χ1) is 9.19. The van der Waals surface area contributed by atoms with Crippen molar-refractivity contribution in [3.63, 3.8) is 0 Å². The van der Waals surface area contributed by atoms with Crippen molar-refractivity contribution in [1.82, 2.24) is 0 Å². The van der Waals surface area contributed by atoms with Crippen molar-refractivity contribution in [3.8, 4) is 5.75 Å². The van der Waals surface area contributed by atoms with E-state index in [1.54, 1.807) is 6.07 Å². The highest BCUT2D eigenvalue weighted by Gasteiger charge is 2.09. The molecule has 0 unspecified atom stereocenters. The molecule has 0 radical (unpaired) electrons. The van der Waals surface area contributed by atoms with Crippen LogP contribution in [0.1, 0.15) is 43.0 Å². The molecule has 104 valence electrons. The first-order valence-corrected chi connectivity index (χ1v) is 6.39. The molecule has 1 rings (SSSR count). The van der Waals surface area contributed by atoms with E-state index < -0.39 is 5.97 Å². The summed E-state index contributed by atoms with van der Waals surface area (Å²) in [5.41, 5.74) is 0.494. The van der Waals surface area contributed by atoms with E-state index in [2.05, 4.69) is 12.2 Å². The van der Waals surface area contributed by atoms with Gasteiger partial charge in [0.05, 0.1) is 17.9 Å². The number of carbonyl (C=O) groups is 2. The second-order valence-electron chi connectivity index (χ2n) is 4.19. The SMILES string of the molecule is CCCCCCOc1ccc(C(=O)O)cc1NC=O. The van der Waals surface area contributed by atoms with E-state index in [9.17, 15) is 9.59 Å². The third-order valence-electron chi connectivity index (χ3n) is 2.70. The summed E-state index contributed by atoms with van der Waals surface area (Å²) >= 11 is 0. The number of hydrogen-bond acceptors (Lipinski definition) is 3. The highest BCUT2D eigenvalue weighted by molar-refractivity contribution is 5.90. The Morgan fingerprint density at radius 2 is 2.16 bits per heavy atom. The van der Waals surface area contributed by atoms with Gasteiger partial charge in [-0.3, -0.25) is 4.79 Å². The summed E-state index contributed by atoms with van der Waals surface area (Å²) in [6, 6.07) is 4.41. The number of carboxylic acids is 1. The molecule has 0 spiro atoms. The largest absolute Gasteiger partial charge is 0.491 e. The van der Waals surface area contributed by atoms with Gasteiger partial charge in [0.2, 0.25) is 6.41 Å². The lowest BCUT2D eigenvalue weighted by molar-refractivity contribution is -0.105. The number of amides is 1. The van der Waals surface area contributed by atoms with Gasteiger partial charge >= 0.3 is 5.97 Å². The predicted molar refractivity (Wildman–Crippen MR) is 72.7 cm³/mol. The fourth-order valence-corrected chi connectivity index (χ4v) is 1.68. The van der Waals surface area contributed by atoms with Gasteiger partial charge in [0.15, 0.2) is 0 Å². The summed E-state index contributed by atoms with van der Waals surface area (Å²) in [6.07, 6.45) is 4.87. The Hall–Kier alpha value is -2.04. The molecule has 0 aliphatic rings. The summed E-state index contributed by atoms with van der Waals surface area (Å²) in [5, 5.41) is 11.3. The van der Waals surface area contributed by atoms with E-state index in [1.165, 1.54) is 18.6 Å². The monoisotopic (exact) mass is 265 g/mol. The summed E-state index contributed by atoms with van der Waals surface area (Å²) in [4.78, 5) is 21.4. The van der Waals surface area contributed by atoms with Crippen LogP contribution in [0.3, 0.4) is 0 Å². The van der Waals surface area contributed by atoms with Gasteiger partial charge in [-0.05, 0) is 24.6 Å². The molecule has 0 fully saturated rings. The van der Waals surface area contributed by atoms with E-state index in [0.29, 0.717) is 24.5 Å². The fraction of sp³-hybridized carbons (Fsp3) is 0.429. The summed E-state index contributed by atoms with van der Waals surface area (Å²) < 4.78 is 5.56. The van der Waals surface area contributed by atoms with Crippen LogP contribution in [-0.4, -0.2) is 24.1 Å². The molecule has 0 heterocycles. The van der Waals surface area contributed by atoms with Crippen molar-refractivity contribution in [1.29, 1.82) is 0 Å². The van der Waals surface area contributed by atoms with Gasteiger partial charge in [-0.25, -0.2) is 4.79 Å². The van der Waals surface area contributed by atoms with Gasteiger partial charge in [-0.1, -0.05) is 26.2 Å². The van der Waals surface area contributed by atoms with E-state index in [1.807, 2.05) is 0 Å². The lowest BCUT2D eigenvalue weighted by Gasteiger charge is -2.11. The van der Waals surface area contributed by atoms with E-state index in [4.69, 9.17) is 9.84 Å². The van der Waals surface area contributed by atoms with Crippen molar-refractivity contribution < 1.29 is 19.4 Å². The van der Waals surface area contributed by atoms with Gasteiger partial charge in [0, 0.05) is 0 Å². The maximum atomic E-state index is 10.8. The molecule has 5 heteroatoms. The van der Waals surface area contributed by atoms with Crippen LogP contribution in [0.15, 0.2) is 18.2 Å². The molecule has 19 heavy (non-hydrogen) atoms. The first-order valence-electron chi connectivity index (χ1n) is 6.39. The molecular formula is C14H19NO4. The number of nitrogens with one attached hydrogen (secondary N) is 1. The number of carboxylic acid groups (broad SMARTS) is 1. The van der Waals surface area contributed by atoms with E-state index >= 15 is 0 Å². The Bertz CT molecular complexity index is 431. The molecular weight excluding hydrogens is 246 g/mol. The highest BCUT2D eigenvalue weighted by Crippen LogP contribution is 2.25. The second kappa shape index (κ2) is 8.13. The molecule has 0 aliphatic carbocycles. The van der Waals surface area contributed by atoms with Crippen molar-refractivity contribution in [2.75, 3.05) is 11.9 Å². The van der Waals surface area contributed by atoms with Crippen LogP contribution in [0, 0.1) is 0 Å². The number of ether oxygens (including phenoxy) is 1. The number of unbranched alkanes of at least 4 members (excludes halogenated alkanes) is 3. The Morgan fingerprint density at radius 1 is 1.37 bits per heavy atom. The zero-order chi connectivity index (χ0) is 14.1. The first kappa shape index (κ1) is 15.0. The Labute approximate surface area is 112 Å². The standard InChI is InChI=1S/C14H19NO4/c1-2-3-4-5-8-19-13-7-6-11(14(17)18)9-12(13)15-10-16/h6-7,9-10H,2-5,8H2,1H3,(H,15,16)(H,17,18). The molecule has 0 aliphatic heterocycles. The maximum absolute atomic E-state index is 10.8. The number of carbonyl (C=O) groups excluding carboxylic acids is 1. The number of anilines is 1. The topological polar surface area (TPSA) is 75.6 Å². The van der Waals surface area contributed by atoms with Crippen molar-refractivity contribution in [2.45, 2.75) is 32.6 Å². The van der Waals surface area contributed by atoms with Crippen LogP contribution in [0.25, 0.3) is 0 Å². The normalized spacial score (nSPS) is 9.95. The molecule has 5 nitrogen and oxygen atoms in total. The fourth-order valence-electron chi connectivity index (χ4n) is 1.68. The van der Waals surface area contributed by atoms with Crippen LogP contribution in [0.4, 0.5) is 5.69 Å². The third kappa shape index (κ3) is 4.99. The van der Waals surface area contributed by atoms with Crippen LogP contribution in [0.5, 0.6) is 5.75 Å². The van der Waals surface area contributed by atoms with Crippen molar-refractivity contribution >= 4 is 18.1 Å². The van der Waals surface area contributed by atoms with Gasteiger partial charge in [-0.15, -0.1) is 0 Å². The van der Waals surface area contributed by atoms with Crippen molar-refractivity contribution in [2.24, 2.45) is 0 Å². The van der Waals surface area contributed by atoms with Crippen LogP contribution >= 0.6 is 0 Å². The summed E-state index contributed by atoms with van der Waals surface area (Å²) in [7, 11) is 0. The Morgan fingerprint density at radius 3 is 2.79 bits per heavy atom. The summed E-state index contributed by atoms with van der Waals surface area (Å²) in [6.45, 7) is 2.69. The number of benzene rings is 1. The summed E-state index contributed by atoms with van der Waals surface area (Å²) in [5.74, 6) is -0.544. The lowest BCUT2D eigenvalue weighted by atomic mass is 10.2. The van der Waals surface area contributed by atoms with Gasteiger partial charge < -0.3 is 15.2 Å². The third-order valence-corrected chi connectivity index (χ3v) is 2.70. The molecule has 0 aromatic heterocycles. The van der Waals surface area contributed by atoms with Gasteiger partial charge in [-0.2, -0.15) is 0 Å². The molecule has 0 saturated heterocycles. The highest BCUT2D eigenvalue weighted by atomic mass is 16.5. The Balaban J connectivity index is 2.65. The van der Waals surface area contributed by atoms with Crippen LogP contribution in [0.2, 0.25) is 0 Å². The van der Waals surface area contributed by atoms with Gasteiger partial charge in [0.1, 0.15) is 5.75 Å². The lowest BCUT2D eigenvalue weighted by Crippen LogP contribution is -2.04. The molecule has 1 aromatic rings. The molecule has 1 amide bonds. The average Bonchev–Trinajstić information content (AvgIpc) is 2.40. The predicted octanol–water partition coefficient (Wildman–Crippen LogP) is 2.91. The van der Waals surface area contributed by atoms with E-state index in [0.717, 1.165) is 19.3 Å². The zero-order valence-corrected chi connectivity index (χ0v) is 11.0. The van der Waals surface area contributed by atoms with Crippen LogP contribution < -0.4 is 10.1 Å². The molecule has 0 atom stereocenters. The number of aromatic carboxylic acids is 1. The van der Waals surface area contributed by atoms with Crippen LogP contribution in [-0.2, 0) is 4.79 Å². The number of rotatable bonds is 9. The van der Waals surface area contributed by atoms with Gasteiger partial charge in [0.25, 0.3) is 0 Å². The van der Waals surface area contributed by atoms with Crippen molar-refractivity contribution in [3.05, 3.63) is 23.8 Å². The minimum Gasteiger partial charge on any atom is -0.491 e. The maximum Gasteiger partial charge on any atom is 0.335 e. The minimum absolute atomic E-state index is 0.114. The number of hydrogen-bond donors (Lipinski definition) is 2. The molecule has 0 bridgehead atoms. The van der Waals surface area contributed by atoms with E-state index in [-0.39, 0.29) is 5.56 Å². The second-order valence-corrected chi connectivity index (χ2v) is 4.19. The zero-order valence-electron chi connectivity index (χ0n) is 11.0. The molecule has 0 saturated carbocycles. The smallest absolute Gasteiger partial charge is 0.335 e. The average molecular weight is 265 g/mol. The molecule has 2 N–H and O–H groups in total.